The molecule has 4 aliphatic heterocycles. The van der Waals surface area contributed by atoms with Crippen LogP contribution in [-0.2, 0) is 87.8 Å². The largest absolute Gasteiger partial charge is 0.497 e. The second kappa shape index (κ2) is 35.7. The number of hydrogen-bond acceptors (Lipinski definition) is 19. The summed E-state index contributed by atoms with van der Waals surface area (Å²) in [7, 11) is 4.17. The van der Waals surface area contributed by atoms with E-state index in [0.717, 1.165) is 9.80 Å². The summed E-state index contributed by atoms with van der Waals surface area (Å²) in [5.74, 6) is -14.2. The Balaban J connectivity index is 1.54. The molecule has 4 aliphatic rings. The molecule has 0 spiro atoms. The van der Waals surface area contributed by atoms with Gasteiger partial charge in [-0.25, -0.2) is 9.59 Å². The zero-order valence-electron chi connectivity index (χ0n) is 58.0. The lowest BCUT2D eigenvalue weighted by Crippen LogP contribution is -2.62. The number of amides is 10. The molecule has 4 fully saturated rings. The topological polar surface area (TPSA) is 395 Å². The van der Waals surface area contributed by atoms with E-state index in [1.54, 1.807) is 65.8 Å². The monoisotopic (exact) mass is 1350 g/mol. The van der Waals surface area contributed by atoms with Gasteiger partial charge < -0.3 is 76.0 Å². The number of fused-ring (bicyclic) bond motifs is 1. The molecule has 15 atom stereocenters. The van der Waals surface area contributed by atoms with Crippen molar-refractivity contribution in [3.05, 3.63) is 29.8 Å². The molecule has 0 radical (unpaired) electrons. The second-order valence-corrected chi connectivity index (χ2v) is 27.1. The van der Waals surface area contributed by atoms with Crippen molar-refractivity contribution < 1.29 is 91.2 Å². The third-order valence-corrected chi connectivity index (χ3v) is 18.4. The smallest absolute Gasteiger partial charge is 0.329 e. The van der Waals surface area contributed by atoms with Gasteiger partial charge in [0.2, 0.25) is 53.2 Å². The second-order valence-electron chi connectivity index (χ2n) is 27.1. The minimum Gasteiger partial charge on any atom is -0.497 e. The molecular formula is C67H102N10O19. The maximum absolute atomic E-state index is 15.2. The first-order valence-electron chi connectivity index (χ1n) is 33.5. The minimum absolute atomic E-state index is 0.0193. The van der Waals surface area contributed by atoms with Crippen LogP contribution in [0.5, 0.6) is 5.75 Å². The van der Waals surface area contributed by atoms with Crippen LogP contribution in [-0.4, -0.2) is 221 Å². The Hall–Kier alpha value is -8.24. The number of cyclic esters (lactones) is 2. The molecule has 0 aromatic heterocycles. The first-order chi connectivity index (χ1) is 45.1. The van der Waals surface area contributed by atoms with Crippen LogP contribution in [0, 0.1) is 29.6 Å². The van der Waals surface area contributed by atoms with Crippen LogP contribution in [0.2, 0.25) is 0 Å². The number of likely N-dealkylation sites (tertiary alicyclic amines) is 1. The van der Waals surface area contributed by atoms with Crippen LogP contribution in [0.3, 0.4) is 0 Å². The quantitative estimate of drug-likeness (QED) is 0.0482. The lowest BCUT2D eigenvalue weighted by Gasteiger charge is -2.36. The molecule has 29 heteroatoms. The number of hydrogen-bond donors (Lipinski definition) is 7. The Morgan fingerprint density at radius 1 is 0.833 bits per heavy atom. The molecule has 0 saturated carbocycles. The molecule has 10 amide bonds. The van der Waals surface area contributed by atoms with E-state index in [-0.39, 0.29) is 88.6 Å². The number of carbonyl (C=O) groups excluding carboxylic acids is 14. The first kappa shape index (κ1) is 78.5. The van der Waals surface area contributed by atoms with E-state index in [2.05, 4.69) is 26.6 Å². The molecule has 1 aromatic carbocycles. The fourth-order valence-corrected chi connectivity index (χ4v) is 12.4. The normalized spacial score (nSPS) is 26.6. The number of ketones is 1. The Kier molecular flexibility index (Phi) is 29.1. The number of rotatable bonds is 22. The number of Topliss-reactive ketones (excluding diaryl/α,β-unsaturated/α-hetero) is 1. The molecule has 4 heterocycles. The summed E-state index contributed by atoms with van der Waals surface area (Å²) < 4.78 is 22.9. The van der Waals surface area contributed by atoms with Crippen LogP contribution in [0.15, 0.2) is 24.3 Å². The molecule has 96 heavy (non-hydrogen) atoms. The highest BCUT2D eigenvalue weighted by atomic mass is 16.6. The molecule has 15 unspecified atom stereocenters. The lowest BCUT2D eigenvalue weighted by molar-refractivity contribution is -0.163. The number of carbonyl (C=O) groups is 14. The number of primary amides is 1. The number of esters is 3. The summed E-state index contributed by atoms with van der Waals surface area (Å²) in [5, 5.41) is 25.2. The van der Waals surface area contributed by atoms with Gasteiger partial charge in [-0.05, 0) is 114 Å². The Morgan fingerprint density at radius 2 is 1.49 bits per heavy atom. The number of benzene rings is 1. The zero-order chi connectivity index (χ0) is 71.7. The van der Waals surface area contributed by atoms with Crippen LogP contribution >= 0.6 is 0 Å². The van der Waals surface area contributed by atoms with E-state index >= 15 is 19.2 Å². The van der Waals surface area contributed by atoms with Crippen molar-refractivity contribution in [3.8, 4) is 5.75 Å². The molecule has 0 bridgehead atoms. The fraction of sp³-hybridized carbons (Fsp3) is 0.701. The van der Waals surface area contributed by atoms with E-state index in [4.69, 9.17) is 24.7 Å². The van der Waals surface area contributed by atoms with Gasteiger partial charge in [0.1, 0.15) is 60.2 Å². The van der Waals surface area contributed by atoms with Crippen molar-refractivity contribution in [2.75, 3.05) is 34.3 Å². The maximum Gasteiger partial charge on any atom is 0.329 e. The van der Waals surface area contributed by atoms with Crippen molar-refractivity contribution in [3.63, 3.8) is 0 Å². The van der Waals surface area contributed by atoms with Gasteiger partial charge in [0, 0.05) is 46.4 Å². The number of ether oxygens (including phenoxy) is 4. The number of aliphatic hydroxyl groups excluding tert-OH is 1. The predicted octanol–water partition coefficient (Wildman–Crippen LogP) is 0.896. The highest BCUT2D eigenvalue weighted by Gasteiger charge is 2.47. The number of aliphatic hydroxyl groups is 1. The molecule has 4 saturated heterocycles. The van der Waals surface area contributed by atoms with Crippen molar-refractivity contribution in [1.29, 1.82) is 0 Å². The molecule has 8 N–H and O–H groups in total. The Bertz CT molecular complexity index is 3000. The summed E-state index contributed by atoms with van der Waals surface area (Å²) in [4.78, 5) is 202. The van der Waals surface area contributed by atoms with E-state index < -0.39 is 180 Å². The summed E-state index contributed by atoms with van der Waals surface area (Å²) in [6.45, 7) is 17.8. The van der Waals surface area contributed by atoms with E-state index in [9.17, 15) is 53.1 Å². The van der Waals surface area contributed by atoms with Gasteiger partial charge in [-0.2, -0.15) is 0 Å². The third-order valence-electron chi connectivity index (χ3n) is 18.4. The minimum atomic E-state index is -1.86. The van der Waals surface area contributed by atoms with Gasteiger partial charge in [0.05, 0.1) is 31.6 Å². The highest BCUT2D eigenvalue weighted by molar-refractivity contribution is 6.05. The average Bonchev–Trinajstić information content (AvgIpc) is 1.60. The van der Waals surface area contributed by atoms with Crippen LogP contribution in [0.1, 0.15) is 159 Å². The van der Waals surface area contributed by atoms with Crippen molar-refractivity contribution >= 4 is 82.8 Å². The van der Waals surface area contributed by atoms with Gasteiger partial charge in [-0.1, -0.05) is 73.9 Å². The third kappa shape index (κ3) is 20.9. The Morgan fingerprint density at radius 3 is 2.07 bits per heavy atom. The molecular weight excluding hydrogens is 1250 g/mol. The zero-order valence-corrected chi connectivity index (χ0v) is 58.0. The average molecular weight is 1350 g/mol. The Labute approximate surface area is 561 Å². The summed E-state index contributed by atoms with van der Waals surface area (Å²) in [5.41, 5.74) is 5.88. The fourth-order valence-electron chi connectivity index (χ4n) is 12.4. The van der Waals surface area contributed by atoms with Gasteiger partial charge >= 0.3 is 17.9 Å². The SMILES string of the molecule is CCC(C)C1NC(=O)C(NC(=O)C(CC(C)C)N(C)C(=O)C2CCCN2C(=O)C(C)OC(=O)C(CCC(N)=O)NC(=O)C2CCC(=O)N2)C(C)OC(=O)C(Cc2ccc(OC)cc2)N(C)C(=O)C2CCCN2C(=O)C(CC(C)C)NC(=O)C(C)C(=O)C(C(C)C)OC(=O)CC1O. The number of methoxy groups -OCH3 is 1. The van der Waals surface area contributed by atoms with Crippen LogP contribution < -0.4 is 37.1 Å². The van der Waals surface area contributed by atoms with E-state index in [1.807, 2.05) is 13.8 Å². The number of nitrogens with zero attached hydrogens (tertiary/aromatic N) is 4. The summed E-state index contributed by atoms with van der Waals surface area (Å²) >= 11 is 0. The van der Waals surface area contributed by atoms with Gasteiger partial charge in [0.25, 0.3) is 5.91 Å². The molecule has 29 nitrogen and oxygen atoms in total. The van der Waals surface area contributed by atoms with Crippen molar-refractivity contribution in [2.45, 2.75) is 238 Å². The standard InChI is InChI=1S/C67H102N10O19/c1-15-37(8)54-50(78)33-53(81)96-57(36(6)7)56(82)38(9)58(83)71-45(30-34(2)3)63(88)77-29-17-19-47(77)65(90)75(13)49(32-41-20-22-42(93-14)23-21-41)67(92)94-39(10)55(61(86)72-54)73-60(85)48(31-35(4)5)74(12)64(89)46-18-16-28-76(46)62(87)40(11)95-66(91)44(24-26-51(68)79)70-59(84)43-25-27-52(80)69-43/h20-23,34-40,43-50,54-55,57,78H,15-19,24-33H2,1-14H3,(H2,68,79)(H,69,80)(H,70,84)(H,71,83)(H,72,86)(H,73,85). The lowest BCUT2D eigenvalue weighted by atomic mass is 9.91. The molecule has 0 aliphatic carbocycles. The van der Waals surface area contributed by atoms with Crippen molar-refractivity contribution in [2.24, 2.45) is 35.3 Å². The van der Waals surface area contributed by atoms with E-state index in [0.29, 0.717) is 30.6 Å². The summed E-state index contributed by atoms with van der Waals surface area (Å²) in [6, 6.07) is -5.39. The van der Waals surface area contributed by atoms with Crippen LogP contribution in [0.4, 0.5) is 0 Å². The molecule has 534 valence electrons. The number of likely N-dealkylation sites (N-methyl/N-ethyl adjacent to an activating group) is 2. The first-order valence-corrected chi connectivity index (χ1v) is 33.5. The molecule has 5 rings (SSSR count). The van der Waals surface area contributed by atoms with Crippen molar-refractivity contribution in [1.82, 2.24) is 46.2 Å². The summed E-state index contributed by atoms with van der Waals surface area (Å²) in [6.07, 6.45) is -6.48. The molecule has 1 aromatic rings. The van der Waals surface area contributed by atoms with Gasteiger partial charge in [-0.3, -0.25) is 57.5 Å². The van der Waals surface area contributed by atoms with Crippen LogP contribution in [0.25, 0.3) is 0 Å². The van der Waals surface area contributed by atoms with Gasteiger partial charge in [0.15, 0.2) is 18.0 Å². The highest BCUT2D eigenvalue weighted by Crippen LogP contribution is 2.28. The van der Waals surface area contributed by atoms with Gasteiger partial charge in [-0.15, -0.1) is 0 Å². The van der Waals surface area contributed by atoms with E-state index in [1.165, 1.54) is 51.8 Å². The maximum atomic E-state index is 15.2. The number of nitrogens with one attached hydrogen (secondary N) is 5. The predicted molar refractivity (Wildman–Crippen MR) is 346 cm³/mol. The number of nitrogens with two attached hydrogens (primary N) is 1.